The third-order valence-corrected chi connectivity index (χ3v) is 5.42. The first kappa shape index (κ1) is 20.3. The molecule has 3 rings (SSSR count). The molecule has 5 heteroatoms. The van der Waals surface area contributed by atoms with Crippen molar-refractivity contribution < 1.29 is 0 Å². The van der Waals surface area contributed by atoms with Crippen LogP contribution < -0.4 is 15.6 Å². The number of fused-ring (bicyclic) bond motifs is 1. The van der Waals surface area contributed by atoms with E-state index in [0.717, 1.165) is 17.7 Å². The highest BCUT2D eigenvalue weighted by atomic mass is 32.1. The Bertz CT molecular complexity index is 858. The molecule has 4 nitrogen and oxygen atoms in total. The Morgan fingerprint density at radius 2 is 1.93 bits per heavy atom. The number of nitrogens with zero attached hydrogens (tertiary/aromatic N) is 2. The molecule has 0 radical (unpaired) electrons. The van der Waals surface area contributed by atoms with E-state index in [0.29, 0.717) is 17.1 Å². The summed E-state index contributed by atoms with van der Waals surface area (Å²) >= 11 is 5.29. The molecule has 2 N–H and O–H groups in total. The Balaban J connectivity index is 1.72. The molecule has 1 heterocycles. The summed E-state index contributed by atoms with van der Waals surface area (Å²) in [6.45, 7) is 11.5. The fourth-order valence-corrected chi connectivity index (χ4v) is 4.54. The topological polar surface area (TPSA) is 39.7 Å². The SMILES string of the molecule is CC(C)N1c2ccc(/C=N/NC(=S)Nc3ccccc3)cc2[C@H](C)CC1(C)C. The number of hydrazone groups is 1. The molecule has 0 fully saturated rings. The van der Waals surface area contributed by atoms with Crippen LogP contribution in [0.5, 0.6) is 0 Å². The van der Waals surface area contributed by atoms with Crippen molar-refractivity contribution in [1.29, 1.82) is 0 Å². The van der Waals surface area contributed by atoms with Gasteiger partial charge in [0.15, 0.2) is 5.11 Å². The number of benzene rings is 2. The highest BCUT2D eigenvalue weighted by molar-refractivity contribution is 7.80. The number of hydrogen-bond donors (Lipinski definition) is 2. The summed E-state index contributed by atoms with van der Waals surface area (Å²) in [5.41, 5.74) is 7.79. The van der Waals surface area contributed by atoms with Crippen molar-refractivity contribution in [2.24, 2.45) is 5.10 Å². The zero-order chi connectivity index (χ0) is 20.3. The van der Waals surface area contributed by atoms with E-state index in [1.165, 1.54) is 11.3 Å². The minimum absolute atomic E-state index is 0.160. The van der Waals surface area contributed by atoms with Crippen molar-refractivity contribution in [2.75, 3.05) is 10.2 Å². The normalized spacial score (nSPS) is 18.2. The Hall–Kier alpha value is -2.40. The van der Waals surface area contributed by atoms with Gasteiger partial charge >= 0.3 is 0 Å². The molecular formula is C23H30N4S. The number of hydrogen-bond acceptors (Lipinski definition) is 3. The molecule has 0 spiro atoms. The summed E-state index contributed by atoms with van der Waals surface area (Å²) < 4.78 is 0. The molecule has 0 saturated heterocycles. The van der Waals surface area contributed by atoms with Crippen LogP contribution in [0.2, 0.25) is 0 Å². The molecule has 2 aromatic rings. The molecule has 148 valence electrons. The van der Waals surface area contributed by atoms with Gasteiger partial charge in [-0.05, 0) is 87.6 Å². The molecule has 28 heavy (non-hydrogen) atoms. The van der Waals surface area contributed by atoms with Gasteiger partial charge in [0.25, 0.3) is 0 Å². The van der Waals surface area contributed by atoms with Gasteiger partial charge in [-0.1, -0.05) is 31.2 Å². The maximum Gasteiger partial charge on any atom is 0.191 e. The fourth-order valence-electron chi connectivity index (χ4n) is 4.37. The quantitative estimate of drug-likeness (QED) is 0.408. The van der Waals surface area contributed by atoms with Crippen LogP contribution in [-0.2, 0) is 0 Å². The predicted molar refractivity (Wildman–Crippen MR) is 125 cm³/mol. The summed E-state index contributed by atoms with van der Waals surface area (Å²) in [6, 6.07) is 16.9. The van der Waals surface area contributed by atoms with Gasteiger partial charge in [0.1, 0.15) is 0 Å². The van der Waals surface area contributed by atoms with Gasteiger partial charge in [-0.25, -0.2) is 0 Å². The van der Waals surface area contributed by atoms with Crippen molar-refractivity contribution in [3.8, 4) is 0 Å². The lowest BCUT2D eigenvalue weighted by Crippen LogP contribution is -2.51. The predicted octanol–water partition coefficient (Wildman–Crippen LogP) is 5.51. The zero-order valence-corrected chi connectivity index (χ0v) is 18.2. The number of rotatable bonds is 4. The highest BCUT2D eigenvalue weighted by Gasteiger charge is 2.37. The van der Waals surface area contributed by atoms with E-state index in [9.17, 15) is 0 Å². The van der Waals surface area contributed by atoms with Crippen LogP contribution in [0.25, 0.3) is 0 Å². The molecule has 0 bridgehead atoms. The maximum absolute atomic E-state index is 5.29. The van der Waals surface area contributed by atoms with Gasteiger partial charge in [-0.2, -0.15) is 5.10 Å². The summed E-state index contributed by atoms with van der Waals surface area (Å²) in [5, 5.41) is 7.89. The van der Waals surface area contributed by atoms with E-state index in [1.807, 2.05) is 36.5 Å². The lowest BCUT2D eigenvalue weighted by atomic mass is 9.79. The summed E-state index contributed by atoms with van der Waals surface area (Å²) in [6.07, 6.45) is 2.97. The van der Waals surface area contributed by atoms with Crippen LogP contribution in [0, 0.1) is 0 Å². The standard InChI is InChI=1S/C23H30N4S/c1-16(2)27-21-12-11-18(13-20(21)17(3)14-23(27,4)5)15-24-26-22(28)25-19-9-7-6-8-10-19/h6-13,15-17H,14H2,1-5H3,(H2,25,26,28)/b24-15+/t17-/m1/s1. The second-order valence-corrected chi connectivity index (χ2v) is 8.80. The third-order valence-electron chi connectivity index (χ3n) is 5.23. The summed E-state index contributed by atoms with van der Waals surface area (Å²) in [4.78, 5) is 2.54. The average Bonchev–Trinajstić information content (AvgIpc) is 2.62. The first-order valence-electron chi connectivity index (χ1n) is 9.86. The monoisotopic (exact) mass is 394 g/mol. The molecule has 1 aliphatic heterocycles. The molecule has 1 atom stereocenters. The molecule has 0 saturated carbocycles. The minimum atomic E-state index is 0.160. The number of anilines is 2. The van der Waals surface area contributed by atoms with Crippen LogP contribution in [0.4, 0.5) is 11.4 Å². The van der Waals surface area contributed by atoms with E-state index in [4.69, 9.17) is 12.2 Å². The highest BCUT2D eigenvalue weighted by Crippen LogP contribution is 2.44. The van der Waals surface area contributed by atoms with Gasteiger partial charge in [0, 0.05) is 23.0 Å². The van der Waals surface area contributed by atoms with Crippen LogP contribution >= 0.6 is 12.2 Å². The lowest BCUT2D eigenvalue weighted by Gasteiger charge is -2.50. The van der Waals surface area contributed by atoms with Gasteiger partial charge in [-0.3, -0.25) is 5.43 Å². The van der Waals surface area contributed by atoms with E-state index in [1.54, 1.807) is 0 Å². The van der Waals surface area contributed by atoms with Gasteiger partial charge < -0.3 is 10.2 Å². The first-order chi connectivity index (χ1) is 13.3. The number of thiocarbonyl (C=S) groups is 1. The molecule has 0 amide bonds. The second-order valence-electron chi connectivity index (χ2n) is 8.39. The molecule has 1 aliphatic rings. The fraction of sp³-hybridized carbons (Fsp3) is 0.391. The Kier molecular flexibility index (Phi) is 6.04. The molecule has 0 aromatic heterocycles. The average molecular weight is 395 g/mol. The Morgan fingerprint density at radius 1 is 1.21 bits per heavy atom. The first-order valence-corrected chi connectivity index (χ1v) is 10.3. The smallest absolute Gasteiger partial charge is 0.191 e. The number of nitrogens with one attached hydrogen (secondary N) is 2. The summed E-state index contributed by atoms with van der Waals surface area (Å²) in [5.74, 6) is 0.516. The zero-order valence-electron chi connectivity index (χ0n) is 17.4. The van der Waals surface area contributed by atoms with Gasteiger partial charge in [0.2, 0.25) is 0 Å². The van der Waals surface area contributed by atoms with E-state index in [-0.39, 0.29) is 5.54 Å². The van der Waals surface area contributed by atoms with Gasteiger partial charge in [-0.15, -0.1) is 0 Å². The second kappa shape index (κ2) is 8.31. The van der Waals surface area contributed by atoms with Crippen LogP contribution in [0.1, 0.15) is 58.1 Å². The molecule has 0 aliphatic carbocycles. The van der Waals surface area contributed by atoms with Crippen LogP contribution in [-0.4, -0.2) is 22.9 Å². The van der Waals surface area contributed by atoms with Crippen molar-refractivity contribution in [3.63, 3.8) is 0 Å². The summed E-state index contributed by atoms with van der Waals surface area (Å²) in [7, 11) is 0. The maximum atomic E-state index is 5.29. The van der Waals surface area contributed by atoms with Crippen molar-refractivity contribution in [1.82, 2.24) is 5.43 Å². The third kappa shape index (κ3) is 4.53. The van der Waals surface area contributed by atoms with Crippen LogP contribution in [0.3, 0.4) is 0 Å². The Morgan fingerprint density at radius 3 is 2.61 bits per heavy atom. The minimum Gasteiger partial charge on any atom is -0.364 e. The van der Waals surface area contributed by atoms with Gasteiger partial charge in [0.05, 0.1) is 6.21 Å². The molecular weight excluding hydrogens is 364 g/mol. The number of para-hydroxylation sites is 1. The van der Waals surface area contributed by atoms with E-state index >= 15 is 0 Å². The molecule has 0 unspecified atom stereocenters. The van der Waals surface area contributed by atoms with E-state index < -0.39 is 0 Å². The Labute approximate surface area is 174 Å². The molecule has 2 aromatic carbocycles. The van der Waals surface area contributed by atoms with Crippen molar-refractivity contribution in [3.05, 3.63) is 59.7 Å². The largest absolute Gasteiger partial charge is 0.364 e. The lowest BCUT2D eigenvalue weighted by molar-refractivity contribution is 0.356. The van der Waals surface area contributed by atoms with E-state index in [2.05, 4.69) is 73.6 Å². The van der Waals surface area contributed by atoms with Crippen molar-refractivity contribution in [2.45, 2.75) is 58.5 Å². The van der Waals surface area contributed by atoms with Crippen molar-refractivity contribution >= 4 is 34.9 Å². The van der Waals surface area contributed by atoms with Crippen LogP contribution in [0.15, 0.2) is 53.6 Å².